The summed E-state index contributed by atoms with van der Waals surface area (Å²) < 4.78 is 1.08. The lowest BCUT2D eigenvalue weighted by Gasteiger charge is -2.33. The highest BCUT2D eigenvalue weighted by atomic mass is 79.9. The Morgan fingerprint density at radius 3 is 2.10 bits per heavy atom. The van der Waals surface area contributed by atoms with E-state index in [2.05, 4.69) is 71.2 Å². The van der Waals surface area contributed by atoms with Gasteiger partial charge in [0.25, 0.3) is 0 Å². The van der Waals surface area contributed by atoms with Crippen molar-refractivity contribution >= 4 is 27.5 Å². The Labute approximate surface area is 140 Å². The molecule has 2 atom stereocenters. The van der Waals surface area contributed by atoms with Crippen molar-refractivity contribution in [1.82, 2.24) is 4.90 Å². The van der Waals surface area contributed by atoms with Crippen molar-refractivity contribution in [2.24, 2.45) is 5.73 Å². The standard InChI is InChI=1S/C17H20BrClN2/c1-12(13-5-9-16(19)10-6-13)21(2)17(11-20)14-3-7-15(18)8-4-14/h3-10,12,17H,11,20H2,1-2H3. The Bertz CT molecular complexity index is 568. The van der Waals surface area contributed by atoms with Gasteiger partial charge in [0.05, 0.1) is 0 Å². The molecule has 0 aliphatic rings. The molecule has 2 aromatic rings. The topological polar surface area (TPSA) is 29.3 Å². The zero-order valence-electron chi connectivity index (χ0n) is 12.3. The molecule has 0 aliphatic heterocycles. The van der Waals surface area contributed by atoms with Crippen molar-refractivity contribution in [1.29, 1.82) is 0 Å². The molecule has 2 unspecified atom stereocenters. The first-order valence-electron chi connectivity index (χ1n) is 6.96. The van der Waals surface area contributed by atoms with E-state index in [1.54, 1.807) is 0 Å². The van der Waals surface area contributed by atoms with Gasteiger partial charge in [-0.15, -0.1) is 0 Å². The van der Waals surface area contributed by atoms with Crippen LogP contribution in [0.4, 0.5) is 0 Å². The molecule has 0 heterocycles. The van der Waals surface area contributed by atoms with Crippen molar-refractivity contribution < 1.29 is 0 Å². The minimum atomic E-state index is 0.184. The normalized spacial score (nSPS) is 14.2. The summed E-state index contributed by atoms with van der Waals surface area (Å²) in [6.07, 6.45) is 0. The molecule has 0 saturated heterocycles. The van der Waals surface area contributed by atoms with Gasteiger partial charge in [-0.25, -0.2) is 0 Å². The summed E-state index contributed by atoms with van der Waals surface area (Å²) in [5, 5.41) is 0.761. The molecule has 2 nitrogen and oxygen atoms in total. The summed E-state index contributed by atoms with van der Waals surface area (Å²) in [6, 6.07) is 16.8. The van der Waals surface area contributed by atoms with Crippen LogP contribution in [-0.2, 0) is 0 Å². The maximum absolute atomic E-state index is 6.01. The Morgan fingerprint density at radius 2 is 1.57 bits per heavy atom. The van der Waals surface area contributed by atoms with Crippen molar-refractivity contribution in [2.75, 3.05) is 13.6 Å². The Morgan fingerprint density at radius 1 is 1.05 bits per heavy atom. The average molecular weight is 368 g/mol. The zero-order valence-corrected chi connectivity index (χ0v) is 14.6. The van der Waals surface area contributed by atoms with Gasteiger partial charge in [0.15, 0.2) is 0 Å². The number of nitrogens with two attached hydrogens (primary N) is 1. The van der Waals surface area contributed by atoms with Crippen LogP contribution in [0, 0.1) is 0 Å². The number of nitrogens with zero attached hydrogens (tertiary/aromatic N) is 1. The van der Waals surface area contributed by atoms with E-state index >= 15 is 0 Å². The zero-order chi connectivity index (χ0) is 15.4. The fourth-order valence-corrected chi connectivity index (χ4v) is 2.86. The summed E-state index contributed by atoms with van der Waals surface area (Å²) in [4.78, 5) is 2.30. The number of halogens is 2. The van der Waals surface area contributed by atoms with Crippen LogP contribution in [0.15, 0.2) is 53.0 Å². The lowest BCUT2D eigenvalue weighted by Crippen LogP contribution is -2.32. The molecule has 0 aliphatic carbocycles. The van der Waals surface area contributed by atoms with E-state index in [4.69, 9.17) is 17.3 Å². The molecule has 0 fully saturated rings. The van der Waals surface area contributed by atoms with Crippen LogP contribution in [0.1, 0.15) is 30.1 Å². The molecule has 0 aromatic heterocycles. The Balaban J connectivity index is 2.21. The minimum Gasteiger partial charge on any atom is -0.329 e. The van der Waals surface area contributed by atoms with E-state index in [-0.39, 0.29) is 12.1 Å². The second-order valence-electron chi connectivity index (χ2n) is 5.20. The van der Waals surface area contributed by atoms with Gasteiger partial charge in [0, 0.05) is 28.1 Å². The fourth-order valence-electron chi connectivity index (χ4n) is 2.47. The summed E-state index contributed by atoms with van der Waals surface area (Å²) in [5.41, 5.74) is 8.47. The second-order valence-corrected chi connectivity index (χ2v) is 6.55. The van der Waals surface area contributed by atoms with Gasteiger partial charge in [-0.05, 0) is 49.4 Å². The first-order chi connectivity index (χ1) is 10.0. The third kappa shape index (κ3) is 4.07. The third-order valence-electron chi connectivity index (χ3n) is 3.93. The van der Waals surface area contributed by atoms with Gasteiger partial charge >= 0.3 is 0 Å². The summed E-state index contributed by atoms with van der Waals surface area (Å²) in [6.45, 7) is 2.76. The number of rotatable bonds is 5. The molecule has 0 saturated carbocycles. The maximum Gasteiger partial charge on any atom is 0.0473 e. The molecule has 2 aromatic carbocycles. The molecule has 2 N–H and O–H groups in total. The van der Waals surface area contributed by atoms with Gasteiger partial charge in [-0.2, -0.15) is 0 Å². The lowest BCUT2D eigenvalue weighted by atomic mass is 10.0. The third-order valence-corrected chi connectivity index (χ3v) is 4.71. The van der Waals surface area contributed by atoms with Gasteiger partial charge in [0.1, 0.15) is 0 Å². The molecule has 2 rings (SSSR count). The molecule has 21 heavy (non-hydrogen) atoms. The quantitative estimate of drug-likeness (QED) is 0.823. The molecule has 4 heteroatoms. The number of hydrogen-bond acceptors (Lipinski definition) is 2. The van der Waals surface area contributed by atoms with E-state index < -0.39 is 0 Å². The highest BCUT2D eigenvalue weighted by molar-refractivity contribution is 9.10. The number of hydrogen-bond donors (Lipinski definition) is 1. The smallest absolute Gasteiger partial charge is 0.0473 e. The van der Waals surface area contributed by atoms with Crippen LogP contribution in [0.5, 0.6) is 0 Å². The summed E-state index contributed by atoms with van der Waals surface area (Å²) >= 11 is 9.43. The monoisotopic (exact) mass is 366 g/mol. The van der Waals surface area contributed by atoms with Crippen molar-refractivity contribution in [3.8, 4) is 0 Å². The van der Waals surface area contributed by atoms with E-state index in [1.807, 2.05) is 12.1 Å². The predicted octanol–water partition coefficient (Wildman–Crippen LogP) is 4.80. The largest absolute Gasteiger partial charge is 0.329 e. The van der Waals surface area contributed by atoms with Gasteiger partial charge in [-0.3, -0.25) is 4.90 Å². The van der Waals surface area contributed by atoms with Crippen molar-refractivity contribution in [3.63, 3.8) is 0 Å². The Hall–Kier alpha value is -0.870. The van der Waals surface area contributed by atoms with Crippen LogP contribution in [0.3, 0.4) is 0 Å². The molecular weight excluding hydrogens is 348 g/mol. The van der Waals surface area contributed by atoms with E-state index in [1.165, 1.54) is 11.1 Å². The molecule has 0 amide bonds. The second kappa shape index (κ2) is 7.41. The molecular formula is C17H20BrClN2. The first-order valence-corrected chi connectivity index (χ1v) is 8.13. The van der Waals surface area contributed by atoms with E-state index in [0.717, 1.165) is 9.50 Å². The molecule has 112 valence electrons. The van der Waals surface area contributed by atoms with Crippen LogP contribution in [0.2, 0.25) is 5.02 Å². The minimum absolute atomic E-state index is 0.184. The number of benzene rings is 2. The molecule has 0 bridgehead atoms. The summed E-state index contributed by atoms with van der Waals surface area (Å²) in [7, 11) is 2.11. The molecule has 0 radical (unpaired) electrons. The maximum atomic E-state index is 6.01. The predicted molar refractivity (Wildman–Crippen MR) is 93.6 cm³/mol. The fraction of sp³-hybridized carbons (Fsp3) is 0.294. The summed E-state index contributed by atoms with van der Waals surface area (Å²) in [5.74, 6) is 0. The first kappa shape index (κ1) is 16.5. The molecule has 0 spiro atoms. The highest BCUT2D eigenvalue weighted by Crippen LogP contribution is 2.29. The van der Waals surface area contributed by atoms with Gasteiger partial charge in [0.2, 0.25) is 0 Å². The van der Waals surface area contributed by atoms with Crippen LogP contribution < -0.4 is 5.73 Å². The van der Waals surface area contributed by atoms with E-state index in [9.17, 15) is 0 Å². The Kier molecular flexibility index (Phi) is 5.82. The average Bonchev–Trinajstić information content (AvgIpc) is 2.50. The van der Waals surface area contributed by atoms with Crippen LogP contribution >= 0.6 is 27.5 Å². The number of likely N-dealkylation sites (N-methyl/N-ethyl adjacent to an activating group) is 1. The van der Waals surface area contributed by atoms with Gasteiger partial charge < -0.3 is 5.73 Å². The van der Waals surface area contributed by atoms with Gasteiger partial charge in [-0.1, -0.05) is 51.8 Å². The van der Waals surface area contributed by atoms with E-state index in [0.29, 0.717) is 6.54 Å². The van der Waals surface area contributed by atoms with Crippen molar-refractivity contribution in [2.45, 2.75) is 19.0 Å². The lowest BCUT2D eigenvalue weighted by molar-refractivity contribution is 0.190. The van der Waals surface area contributed by atoms with Crippen LogP contribution in [-0.4, -0.2) is 18.5 Å². The van der Waals surface area contributed by atoms with Crippen molar-refractivity contribution in [3.05, 3.63) is 69.2 Å². The highest BCUT2D eigenvalue weighted by Gasteiger charge is 2.21. The van der Waals surface area contributed by atoms with Crippen LogP contribution in [0.25, 0.3) is 0 Å². The SMILES string of the molecule is CC(c1ccc(Cl)cc1)N(C)C(CN)c1ccc(Br)cc1.